The first-order valence-electron chi connectivity index (χ1n) is 6.25. The third kappa shape index (κ3) is 2.38. The third-order valence-corrected chi connectivity index (χ3v) is 3.11. The highest BCUT2D eigenvalue weighted by molar-refractivity contribution is 5.93. The number of amides is 1. The number of anilines is 1. The molecule has 0 aromatic heterocycles. The van der Waals surface area contributed by atoms with Crippen LogP contribution in [0.15, 0.2) is 42.5 Å². The molecular formula is C15H14N2O3. The van der Waals surface area contributed by atoms with Crippen molar-refractivity contribution in [2.24, 2.45) is 5.73 Å². The zero-order valence-electron chi connectivity index (χ0n) is 10.8. The molecular weight excluding hydrogens is 256 g/mol. The number of primary amides is 1. The van der Waals surface area contributed by atoms with Crippen LogP contribution in [0, 0.1) is 0 Å². The molecule has 2 aromatic carbocycles. The molecule has 0 atom stereocenters. The van der Waals surface area contributed by atoms with Crippen molar-refractivity contribution in [1.29, 1.82) is 0 Å². The molecule has 1 aliphatic rings. The van der Waals surface area contributed by atoms with Crippen LogP contribution < -0.4 is 20.5 Å². The van der Waals surface area contributed by atoms with Crippen molar-refractivity contribution >= 4 is 11.6 Å². The Kier molecular flexibility index (Phi) is 3.16. The molecule has 1 amide bonds. The minimum absolute atomic E-state index is 0.253. The zero-order valence-corrected chi connectivity index (χ0v) is 10.8. The molecule has 3 rings (SSSR count). The molecule has 5 heteroatoms. The van der Waals surface area contributed by atoms with Gasteiger partial charge in [0.25, 0.3) is 0 Å². The molecule has 0 radical (unpaired) electrons. The highest BCUT2D eigenvalue weighted by Gasteiger charge is 2.16. The van der Waals surface area contributed by atoms with E-state index in [9.17, 15) is 4.79 Å². The molecule has 0 spiro atoms. The van der Waals surface area contributed by atoms with Gasteiger partial charge in [-0.1, -0.05) is 18.2 Å². The molecule has 0 saturated heterocycles. The van der Waals surface area contributed by atoms with Crippen LogP contribution in [0.3, 0.4) is 0 Å². The first-order chi connectivity index (χ1) is 9.74. The van der Waals surface area contributed by atoms with Gasteiger partial charge >= 0.3 is 0 Å². The fourth-order valence-corrected chi connectivity index (χ4v) is 2.11. The maximum Gasteiger partial charge on any atom is 0.248 e. The number of carbonyl (C=O) groups excluding carboxylic acids is 1. The van der Waals surface area contributed by atoms with Gasteiger partial charge < -0.3 is 20.5 Å². The van der Waals surface area contributed by atoms with Crippen molar-refractivity contribution in [2.45, 2.75) is 6.54 Å². The van der Waals surface area contributed by atoms with E-state index in [1.54, 1.807) is 18.2 Å². The number of fused-ring (bicyclic) bond motifs is 1. The van der Waals surface area contributed by atoms with Gasteiger partial charge in [0.05, 0.1) is 0 Å². The number of hydrogen-bond acceptors (Lipinski definition) is 4. The van der Waals surface area contributed by atoms with Crippen molar-refractivity contribution in [3.05, 3.63) is 53.6 Å². The molecule has 0 saturated carbocycles. The molecule has 1 aliphatic heterocycles. The number of para-hydroxylation sites is 1. The van der Waals surface area contributed by atoms with Crippen LogP contribution in [-0.2, 0) is 6.54 Å². The summed E-state index contributed by atoms with van der Waals surface area (Å²) in [4.78, 5) is 11.1. The third-order valence-electron chi connectivity index (χ3n) is 3.11. The number of nitrogens with one attached hydrogen (secondary N) is 1. The second-order valence-electron chi connectivity index (χ2n) is 4.45. The maximum absolute atomic E-state index is 11.1. The Hall–Kier alpha value is -2.69. The molecule has 0 bridgehead atoms. The maximum atomic E-state index is 11.1. The average Bonchev–Trinajstić information content (AvgIpc) is 2.94. The number of hydrogen-bond donors (Lipinski definition) is 2. The molecule has 102 valence electrons. The predicted molar refractivity (Wildman–Crippen MR) is 74.9 cm³/mol. The summed E-state index contributed by atoms with van der Waals surface area (Å²) in [5, 5.41) is 3.24. The van der Waals surface area contributed by atoms with Crippen molar-refractivity contribution < 1.29 is 14.3 Å². The van der Waals surface area contributed by atoms with Crippen LogP contribution in [0.4, 0.5) is 5.69 Å². The lowest BCUT2D eigenvalue weighted by Gasteiger charge is -2.09. The fourth-order valence-electron chi connectivity index (χ4n) is 2.11. The Labute approximate surface area is 116 Å². The highest BCUT2D eigenvalue weighted by Crippen LogP contribution is 2.35. The van der Waals surface area contributed by atoms with Crippen molar-refractivity contribution in [1.82, 2.24) is 0 Å². The lowest BCUT2D eigenvalue weighted by Crippen LogP contribution is -2.11. The van der Waals surface area contributed by atoms with E-state index in [0.717, 1.165) is 22.7 Å². The number of carbonyl (C=O) groups is 1. The van der Waals surface area contributed by atoms with Crippen LogP contribution in [0.1, 0.15) is 15.9 Å². The summed E-state index contributed by atoms with van der Waals surface area (Å²) in [5.74, 6) is 1.09. The van der Waals surface area contributed by atoms with Gasteiger partial charge in [0, 0.05) is 23.4 Å². The second-order valence-corrected chi connectivity index (χ2v) is 4.45. The molecule has 5 nitrogen and oxygen atoms in total. The predicted octanol–water partition coefficient (Wildman–Crippen LogP) is 2.13. The molecule has 2 aromatic rings. The van der Waals surface area contributed by atoms with Crippen molar-refractivity contribution in [3.8, 4) is 11.5 Å². The molecule has 20 heavy (non-hydrogen) atoms. The summed E-state index contributed by atoms with van der Waals surface area (Å²) >= 11 is 0. The van der Waals surface area contributed by atoms with Crippen molar-refractivity contribution in [3.63, 3.8) is 0 Å². The Bertz CT molecular complexity index is 655. The van der Waals surface area contributed by atoms with Crippen LogP contribution >= 0.6 is 0 Å². The second kappa shape index (κ2) is 5.13. The molecule has 0 fully saturated rings. The summed E-state index contributed by atoms with van der Waals surface area (Å²) in [6.45, 7) is 0.832. The number of rotatable bonds is 4. The van der Waals surface area contributed by atoms with Crippen LogP contribution in [-0.4, -0.2) is 12.7 Å². The average molecular weight is 270 g/mol. The van der Waals surface area contributed by atoms with E-state index in [4.69, 9.17) is 15.2 Å². The van der Waals surface area contributed by atoms with Gasteiger partial charge in [0.15, 0.2) is 11.5 Å². The number of ether oxygens (including phenoxy) is 2. The van der Waals surface area contributed by atoms with Crippen LogP contribution in [0.25, 0.3) is 0 Å². The Morgan fingerprint density at radius 3 is 2.90 bits per heavy atom. The minimum Gasteiger partial charge on any atom is -0.454 e. The van der Waals surface area contributed by atoms with E-state index in [2.05, 4.69) is 5.32 Å². The SMILES string of the molecule is NC(=O)c1cccc(NCc2cccc3c2OCO3)c1. The van der Waals surface area contributed by atoms with E-state index < -0.39 is 5.91 Å². The standard InChI is InChI=1S/C15H14N2O3/c16-15(18)10-3-1-5-12(7-10)17-8-11-4-2-6-13-14(11)20-9-19-13/h1-7,17H,8-9H2,(H2,16,18). The van der Waals surface area contributed by atoms with Gasteiger partial charge in [-0.15, -0.1) is 0 Å². The minimum atomic E-state index is -0.439. The quantitative estimate of drug-likeness (QED) is 0.892. The smallest absolute Gasteiger partial charge is 0.248 e. The van der Waals surface area contributed by atoms with Gasteiger partial charge in [-0.05, 0) is 24.3 Å². The summed E-state index contributed by atoms with van der Waals surface area (Å²) in [7, 11) is 0. The monoisotopic (exact) mass is 270 g/mol. The lowest BCUT2D eigenvalue weighted by atomic mass is 10.1. The van der Waals surface area contributed by atoms with Crippen molar-refractivity contribution in [2.75, 3.05) is 12.1 Å². The number of nitrogens with two attached hydrogens (primary N) is 1. The lowest BCUT2D eigenvalue weighted by molar-refractivity contribution is 0.100. The summed E-state index contributed by atoms with van der Waals surface area (Å²) in [6.07, 6.45) is 0. The first kappa shape index (κ1) is 12.3. The van der Waals surface area contributed by atoms with E-state index in [1.807, 2.05) is 24.3 Å². The van der Waals surface area contributed by atoms with E-state index in [-0.39, 0.29) is 6.79 Å². The van der Waals surface area contributed by atoms with Crippen LogP contribution in [0.2, 0.25) is 0 Å². The summed E-state index contributed by atoms with van der Waals surface area (Å²) in [6, 6.07) is 12.8. The molecule has 3 N–H and O–H groups in total. The molecule has 0 unspecified atom stereocenters. The van der Waals surface area contributed by atoms with Gasteiger partial charge in [-0.2, -0.15) is 0 Å². The van der Waals surface area contributed by atoms with Crippen LogP contribution in [0.5, 0.6) is 11.5 Å². The Balaban J connectivity index is 1.76. The summed E-state index contributed by atoms with van der Waals surface area (Å²) in [5.41, 5.74) is 7.58. The van der Waals surface area contributed by atoms with Gasteiger partial charge in [-0.3, -0.25) is 4.79 Å². The summed E-state index contributed by atoms with van der Waals surface area (Å²) < 4.78 is 10.8. The highest BCUT2D eigenvalue weighted by atomic mass is 16.7. The van der Waals surface area contributed by atoms with Gasteiger partial charge in [0.1, 0.15) is 0 Å². The number of benzene rings is 2. The largest absolute Gasteiger partial charge is 0.454 e. The molecule has 0 aliphatic carbocycles. The Morgan fingerprint density at radius 2 is 2.05 bits per heavy atom. The van der Waals surface area contributed by atoms with E-state index >= 15 is 0 Å². The fraction of sp³-hybridized carbons (Fsp3) is 0.133. The van der Waals surface area contributed by atoms with E-state index in [0.29, 0.717) is 12.1 Å². The Morgan fingerprint density at radius 1 is 1.20 bits per heavy atom. The topological polar surface area (TPSA) is 73.6 Å². The molecule has 1 heterocycles. The zero-order chi connectivity index (χ0) is 13.9. The first-order valence-corrected chi connectivity index (χ1v) is 6.25. The van der Waals surface area contributed by atoms with E-state index in [1.165, 1.54) is 0 Å². The van der Waals surface area contributed by atoms with Gasteiger partial charge in [0.2, 0.25) is 12.7 Å². The van der Waals surface area contributed by atoms with Gasteiger partial charge in [-0.25, -0.2) is 0 Å². The normalized spacial score (nSPS) is 12.2.